The average Bonchev–Trinajstić information content (AvgIpc) is 2.18. The van der Waals surface area contributed by atoms with Gasteiger partial charge in [0.15, 0.2) is 0 Å². The van der Waals surface area contributed by atoms with E-state index in [9.17, 15) is 9.18 Å². The molecule has 0 aliphatic carbocycles. The third kappa shape index (κ3) is 2.04. The summed E-state index contributed by atoms with van der Waals surface area (Å²) >= 11 is 0. The Morgan fingerprint density at radius 3 is 2.80 bits per heavy atom. The minimum atomic E-state index is -0.265. The summed E-state index contributed by atoms with van der Waals surface area (Å²) in [6.07, 6.45) is 0.362. The normalized spacial score (nSPS) is 10.5. The van der Waals surface area contributed by atoms with E-state index in [1.54, 1.807) is 6.07 Å². The maximum absolute atomic E-state index is 13.1. The second-order valence-corrected chi connectivity index (χ2v) is 3.66. The molecule has 0 heterocycles. The van der Waals surface area contributed by atoms with E-state index in [0.29, 0.717) is 6.42 Å². The lowest BCUT2D eigenvalue weighted by Gasteiger charge is -2.04. The Morgan fingerprint density at radius 2 is 2.07 bits per heavy atom. The lowest BCUT2D eigenvalue weighted by molar-refractivity contribution is -0.116. The van der Waals surface area contributed by atoms with Gasteiger partial charge < -0.3 is 0 Å². The number of Topliss-reactive ketones (excluding diaryl/α,β-unsaturated/α-hetero) is 1. The van der Waals surface area contributed by atoms with Gasteiger partial charge in [0.05, 0.1) is 0 Å². The molecule has 0 amide bonds. The maximum Gasteiger partial charge on any atom is 0.134 e. The molecule has 0 unspecified atom stereocenters. The molecule has 0 saturated heterocycles. The number of halogens is 1. The Morgan fingerprint density at radius 1 is 1.27 bits per heavy atom. The minimum absolute atomic E-state index is 0.0896. The van der Waals surface area contributed by atoms with Gasteiger partial charge in [0.1, 0.15) is 11.6 Å². The van der Waals surface area contributed by atoms with Crippen LogP contribution in [0.5, 0.6) is 0 Å². The highest BCUT2D eigenvalue weighted by atomic mass is 19.1. The van der Waals surface area contributed by atoms with Crippen molar-refractivity contribution in [2.24, 2.45) is 0 Å². The van der Waals surface area contributed by atoms with Gasteiger partial charge >= 0.3 is 0 Å². The number of ketones is 1. The summed E-state index contributed by atoms with van der Waals surface area (Å²) in [5, 5.41) is 1.79. The van der Waals surface area contributed by atoms with Crippen molar-refractivity contribution in [1.82, 2.24) is 0 Å². The molecule has 0 aliphatic heterocycles. The van der Waals surface area contributed by atoms with Crippen LogP contribution in [0.2, 0.25) is 0 Å². The number of hydrogen-bond donors (Lipinski definition) is 0. The SMILES string of the molecule is CC(=O)Cc1cccc2ccc(F)cc12. The lowest BCUT2D eigenvalue weighted by Crippen LogP contribution is -1.97. The molecule has 76 valence electrons. The Hall–Kier alpha value is -1.70. The predicted octanol–water partition coefficient (Wildman–Crippen LogP) is 3.11. The van der Waals surface area contributed by atoms with Crippen molar-refractivity contribution < 1.29 is 9.18 Å². The zero-order valence-electron chi connectivity index (χ0n) is 8.46. The molecule has 2 rings (SSSR count). The van der Waals surface area contributed by atoms with Gasteiger partial charge in [0, 0.05) is 6.42 Å². The number of rotatable bonds is 2. The number of fused-ring (bicyclic) bond motifs is 1. The van der Waals surface area contributed by atoms with Gasteiger partial charge in [0.2, 0.25) is 0 Å². The summed E-state index contributed by atoms with van der Waals surface area (Å²) in [4.78, 5) is 11.0. The van der Waals surface area contributed by atoms with E-state index in [2.05, 4.69) is 0 Å². The van der Waals surface area contributed by atoms with Crippen molar-refractivity contribution in [3.63, 3.8) is 0 Å². The van der Waals surface area contributed by atoms with Crippen molar-refractivity contribution in [2.75, 3.05) is 0 Å². The molecule has 1 nitrogen and oxygen atoms in total. The van der Waals surface area contributed by atoms with E-state index in [1.165, 1.54) is 19.1 Å². The number of hydrogen-bond acceptors (Lipinski definition) is 1. The molecular weight excluding hydrogens is 191 g/mol. The van der Waals surface area contributed by atoms with Crippen LogP contribution in [0, 0.1) is 5.82 Å². The van der Waals surface area contributed by atoms with Crippen LogP contribution in [-0.4, -0.2) is 5.78 Å². The zero-order chi connectivity index (χ0) is 10.8. The van der Waals surface area contributed by atoms with E-state index >= 15 is 0 Å². The molecule has 0 bridgehead atoms. The third-order valence-corrected chi connectivity index (χ3v) is 2.37. The summed E-state index contributed by atoms with van der Waals surface area (Å²) < 4.78 is 13.1. The van der Waals surface area contributed by atoms with Crippen LogP contribution >= 0.6 is 0 Å². The van der Waals surface area contributed by atoms with Gasteiger partial charge in [-0.15, -0.1) is 0 Å². The van der Waals surface area contributed by atoms with Gasteiger partial charge in [-0.3, -0.25) is 4.79 Å². The van der Waals surface area contributed by atoms with Gasteiger partial charge in [-0.1, -0.05) is 24.3 Å². The first kappa shape index (κ1) is 9.84. The molecule has 0 spiro atoms. The van der Waals surface area contributed by atoms with Crippen molar-refractivity contribution in [1.29, 1.82) is 0 Å². The van der Waals surface area contributed by atoms with Gasteiger partial charge in [-0.25, -0.2) is 4.39 Å². The predicted molar refractivity (Wildman–Crippen MR) is 58.3 cm³/mol. The fourth-order valence-electron chi connectivity index (χ4n) is 1.73. The Bertz CT molecular complexity index is 517. The zero-order valence-corrected chi connectivity index (χ0v) is 8.46. The summed E-state index contributed by atoms with van der Waals surface area (Å²) in [6.45, 7) is 1.54. The molecule has 15 heavy (non-hydrogen) atoms. The van der Waals surface area contributed by atoms with Crippen molar-refractivity contribution in [3.05, 3.63) is 47.8 Å². The summed E-state index contributed by atoms with van der Waals surface area (Å²) in [6, 6.07) is 10.3. The smallest absolute Gasteiger partial charge is 0.134 e. The van der Waals surface area contributed by atoms with Crippen molar-refractivity contribution in [3.8, 4) is 0 Å². The van der Waals surface area contributed by atoms with Crippen LogP contribution in [0.15, 0.2) is 36.4 Å². The average molecular weight is 202 g/mol. The highest BCUT2D eigenvalue weighted by Crippen LogP contribution is 2.20. The topological polar surface area (TPSA) is 17.1 Å². The molecule has 0 saturated carbocycles. The summed E-state index contributed by atoms with van der Waals surface area (Å²) in [5.74, 6) is -0.176. The van der Waals surface area contributed by atoms with E-state index < -0.39 is 0 Å². The second-order valence-electron chi connectivity index (χ2n) is 3.66. The van der Waals surface area contributed by atoms with Crippen LogP contribution in [0.1, 0.15) is 12.5 Å². The molecule has 0 fully saturated rings. The van der Waals surface area contributed by atoms with Crippen molar-refractivity contribution in [2.45, 2.75) is 13.3 Å². The first-order valence-corrected chi connectivity index (χ1v) is 4.83. The van der Waals surface area contributed by atoms with Crippen LogP contribution < -0.4 is 0 Å². The van der Waals surface area contributed by atoms with Crippen LogP contribution in [0.3, 0.4) is 0 Å². The summed E-state index contributed by atoms with van der Waals surface area (Å²) in [7, 11) is 0. The third-order valence-electron chi connectivity index (χ3n) is 2.37. The lowest BCUT2D eigenvalue weighted by atomic mass is 10.0. The molecule has 2 aromatic carbocycles. The quantitative estimate of drug-likeness (QED) is 0.731. The molecule has 0 N–H and O–H groups in total. The maximum atomic E-state index is 13.1. The number of carbonyl (C=O) groups excluding carboxylic acids is 1. The molecular formula is C13H11FO. The van der Waals surface area contributed by atoms with Gasteiger partial charge in [-0.05, 0) is 35.4 Å². The monoisotopic (exact) mass is 202 g/mol. The fourth-order valence-corrected chi connectivity index (χ4v) is 1.73. The van der Waals surface area contributed by atoms with Gasteiger partial charge in [-0.2, -0.15) is 0 Å². The Labute approximate surface area is 87.5 Å². The highest BCUT2D eigenvalue weighted by molar-refractivity contribution is 5.90. The van der Waals surface area contributed by atoms with E-state index in [-0.39, 0.29) is 11.6 Å². The Kier molecular flexibility index (Phi) is 2.50. The molecule has 0 atom stereocenters. The number of carbonyl (C=O) groups is 1. The van der Waals surface area contributed by atoms with Crippen molar-refractivity contribution >= 4 is 16.6 Å². The molecule has 2 aromatic rings. The first-order valence-electron chi connectivity index (χ1n) is 4.83. The van der Waals surface area contributed by atoms with Crippen LogP contribution in [0.25, 0.3) is 10.8 Å². The Balaban J connectivity index is 2.63. The van der Waals surface area contributed by atoms with E-state index in [4.69, 9.17) is 0 Å². The minimum Gasteiger partial charge on any atom is -0.300 e. The second kappa shape index (κ2) is 3.81. The molecule has 0 radical (unpaired) electrons. The summed E-state index contributed by atoms with van der Waals surface area (Å²) in [5.41, 5.74) is 0.888. The first-order chi connectivity index (χ1) is 7.16. The highest BCUT2D eigenvalue weighted by Gasteiger charge is 2.04. The molecule has 0 aliphatic rings. The van der Waals surface area contributed by atoms with Gasteiger partial charge in [0.25, 0.3) is 0 Å². The largest absolute Gasteiger partial charge is 0.300 e. The molecule has 2 heteroatoms. The number of benzene rings is 2. The van der Waals surface area contributed by atoms with Crippen LogP contribution in [-0.2, 0) is 11.2 Å². The standard InChI is InChI=1S/C13H11FO/c1-9(15)7-11-4-2-3-10-5-6-12(14)8-13(10)11/h2-6,8H,7H2,1H3. The van der Waals surface area contributed by atoms with E-state index in [0.717, 1.165) is 16.3 Å². The fraction of sp³-hybridized carbons (Fsp3) is 0.154. The van der Waals surface area contributed by atoms with Crippen LogP contribution in [0.4, 0.5) is 4.39 Å². The molecule has 0 aromatic heterocycles. The van der Waals surface area contributed by atoms with E-state index in [1.807, 2.05) is 18.2 Å².